The fourth-order valence-corrected chi connectivity index (χ4v) is 3.51. The molecule has 0 radical (unpaired) electrons. The highest BCUT2D eigenvalue weighted by molar-refractivity contribution is 5.89. The van der Waals surface area contributed by atoms with Crippen molar-refractivity contribution in [3.05, 3.63) is 72.4 Å². The maximum Gasteiger partial charge on any atom is 0.247 e. The zero-order valence-electron chi connectivity index (χ0n) is 21.6. The number of hydrogen-bond donors (Lipinski definition) is 2. The second kappa shape index (κ2) is 11.6. The molecular weight excluding hydrogens is 459 g/mol. The average molecular weight is 493 g/mol. The van der Waals surface area contributed by atoms with Crippen molar-refractivity contribution >= 4 is 22.6 Å². The summed E-state index contributed by atoms with van der Waals surface area (Å²) in [6.45, 7) is 8.26. The predicted molar refractivity (Wildman–Crippen MR) is 141 cm³/mol. The molecule has 9 nitrogen and oxygen atoms in total. The highest BCUT2D eigenvalue weighted by Crippen LogP contribution is 2.25. The smallest absolute Gasteiger partial charge is 0.247 e. The summed E-state index contributed by atoms with van der Waals surface area (Å²) in [6, 6.07) is 7.68. The largest absolute Gasteiger partial charge is 0.375 e. The Balaban J connectivity index is 1.91. The molecule has 1 amide bonds. The number of likely N-dealkylation sites (N-methyl/N-ethyl adjacent to an activating group) is 2. The predicted octanol–water partition coefficient (Wildman–Crippen LogP) is 3.67. The van der Waals surface area contributed by atoms with E-state index in [-0.39, 0.29) is 11.4 Å². The lowest BCUT2D eigenvalue weighted by Gasteiger charge is -2.25. The van der Waals surface area contributed by atoms with Crippen LogP contribution >= 0.6 is 0 Å². The van der Waals surface area contributed by atoms with Crippen molar-refractivity contribution < 1.29 is 9.18 Å². The van der Waals surface area contributed by atoms with E-state index in [0.717, 1.165) is 29.1 Å². The van der Waals surface area contributed by atoms with Crippen LogP contribution in [0, 0.1) is 0 Å². The van der Waals surface area contributed by atoms with E-state index in [9.17, 15) is 4.79 Å². The van der Waals surface area contributed by atoms with E-state index in [4.69, 9.17) is 0 Å². The Morgan fingerprint density at radius 2 is 1.92 bits per heavy atom. The number of aryl methyl sites for hydroxylation is 1. The van der Waals surface area contributed by atoms with Crippen LogP contribution in [-0.2, 0) is 11.8 Å². The number of nitrogens with zero attached hydrogens (tertiary/aromatic N) is 6. The SMILES string of the molecule is C=CC(=O)NC(/C(F)=C(\C)Nc1cc(-c2ccc3cnn(C)c3c2)ncn1)=C(/C)N(C)CCN(C)C. The number of carbonyl (C=O) groups is 1. The zero-order valence-corrected chi connectivity index (χ0v) is 21.6. The van der Waals surface area contributed by atoms with Crippen molar-refractivity contribution in [1.29, 1.82) is 0 Å². The van der Waals surface area contributed by atoms with Gasteiger partial charge in [0.2, 0.25) is 5.91 Å². The summed E-state index contributed by atoms with van der Waals surface area (Å²) in [5.74, 6) is -0.676. The Hall–Kier alpha value is -4.05. The molecule has 0 saturated carbocycles. The second-order valence-corrected chi connectivity index (χ2v) is 8.77. The molecule has 190 valence electrons. The highest BCUT2D eigenvalue weighted by atomic mass is 19.1. The number of halogens is 1. The van der Waals surface area contributed by atoms with Gasteiger partial charge in [0.05, 0.1) is 28.8 Å². The van der Waals surface area contributed by atoms with Crippen LogP contribution in [0.4, 0.5) is 10.2 Å². The fourth-order valence-electron chi connectivity index (χ4n) is 3.51. The van der Waals surface area contributed by atoms with E-state index in [1.54, 1.807) is 30.8 Å². The molecule has 0 atom stereocenters. The molecule has 0 unspecified atom stereocenters. The summed E-state index contributed by atoms with van der Waals surface area (Å²) in [5, 5.41) is 10.9. The van der Waals surface area contributed by atoms with Crippen LogP contribution in [-0.4, -0.2) is 69.7 Å². The van der Waals surface area contributed by atoms with Crippen molar-refractivity contribution in [1.82, 2.24) is 34.9 Å². The third kappa shape index (κ3) is 6.33. The molecule has 0 bridgehead atoms. The van der Waals surface area contributed by atoms with Gasteiger partial charge in [-0.3, -0.25) is 9.48 Å². The number of allylic oxidation sites excluding steroid dienone is 3. The van der Waals surface area contributed by atoms with Crippen LogP contribution in [0.3, 0.4) is 0 Å². The summed E-state index contributed by atoms with van der Waals surface area (Å²) in [6.07, 6.45) is 4.34. The van der Waals surface area contributed by atoms with E-state index >= 15 is 4.39 Å². The molecule has 0 aliphatic carbocycles. The standard InChI is InChI=1S/C26H33FN8O/c1-8-24(36)32-26(18(3)34(6)12-11-33(4)5)25(27)17(2)31-23-14-21(28-16-29-23)19-9-10-20-15-30-35(7)22(20)13-19/h8-10,13-16H,1,11-12H2,2-7H3,(H,32,36)(H,28,29,31)/b25-17-,26-18-. The molecule has 3 rings (SSSR count). The van der Waals surface area contributed by atoms with E-state index in [0.29, 0.717) is 23.8 Å². The van der Waals surface area contributed by atoms with Gasteiger partial charge in [-0.05, 0) is 40.1 Å². The molecule has 1 aromatic carbocycles. The second-order valence-electron chi connectivity index (χ2n) is 8.77. The van der Waals surface area contributed by atoms with Gasteiger partial charge in [-0.25, -0.2) is 14.4 Å². The molecule has 36 heavy (non-hydrogen) atoms. The number of fused-ring (bicyclic) bond motifs is 1. The molecule has 0 fully saturated rings. The van der Waals surface area contributed by atoms with Gasteiger partial charge < -0.3 is 20.4 Å². The number of benzene rings is 1. The number of anilines is 1. The van der Waals surface area contributed by atoms with Gasteiger partial charge in [0.1, 0.15) is 12.1 Å². The van der Waals surface area contributed by atoms with Gasteiger partial charge in [0.15, 0.2) is 5.83 Å². The van der Waals surface area contributed by atoms with Crippen molar-refractivity contribution in [2.45, 2.75) is 13.8 Å². The molecule has 2 N–H and O–H groups in total. The average Bonchev–Trinajstić information content (AvgIpc) is 3.24. The van der Waals surface area contributed by atoms with E-state index < -0.39 is 11.7 Å². The van der Waals surface area contributed by atoms with Gasteiger partial charge in [-0.2, -0.15) is 5.10 Å². The van der Waals surface area contributed by atoms with Crippen LogP contribution in [0.1, 0.15) is 13.8 Å². The monoisotopic (exact) mass is 492 g/mol. The third-order valence-corrected chi connectivity index (χ3v) is 5.83. The van der Waals surface area contributed by atoms with Crippen LogP contribution in [0.15, 0.2) is 72.4 Å². The lowest BCUT2D eigenvalue weighted by molar-refractivity contribution is -0.115. The number of carbonyl (C=O) groups excluding carboxylic acids is 1. The zero-order chi connectivity index (χ0) is 26.4. The van der Waals surface area contributed by atoms with Gasteiger partial charge in [-0.1, -0.05) is 18.7 Å². The Kier molecular flexibility index (Phi) is 8.55. The number of nitrogens with one attached hydrogen (secondary N) is 2. The van der Waals surface area contributed by atoms with Gasteiger partial charge in [0, 0.05) is 49.9 Å². The number of aromatic nitrogens is 4. The molecule has 2 aromatic heterocycles. The number of rotatable bonds is 10. The molecule has 2 heterocycles. The molecule has 0 aliphatic heterocycles. The van der Waals surface area contributed by atoms with Crippen molar-refractivity contribution in [2.24, 2.45) is 7.05 Å². The molecule has 3 aromatic rings. The van der Waals surface area contributed by atoms with E-state index in [2.05, 4.69) is 32.3 Å². The summed E-state index contributed by atoms with van der Waals surface area (Å²) < 4.78 is 17.5. The molecular formula is C26H33FN8O. The first kappa shape index (κ1) is 26.6. The first-order valence-corrected chi connectivity index (χ1v) is 11.5. The van der Waals surface area contributed by atoms with Gasteiger partial charge in [0.25, 0.3) is 0 Å². The molecule has 0 aliphatic rings. The topological polar surface area (TPSA) is 91.2 Å². The van der Waals surface area contributed by atoms with Crippen LogP contribution in [0.2, 0.25) is 0 Å². The lowest BCUT2D eigenvalue weighted by Crippen LogP contribution is -2.31. The van der Waals surface area contributed by atoms with Crippen molar-refractivity contribution in [2.75, 3.05) is 39.5 Å². The Morgan fingerprint density at radius 1 is 1.17 bits per heavy atom. The van der Waals surface area contributed by atoms with Gasteiger partial charge >= 0.3 is 0 Å². The minimum absolute atomic E-state index is 0.0714. The molecule has 10 heteroatoms. The number of amides is 1. The minimum Gasteiger partial charge on any atom is -0.375 e. The van der Waals surface area contributed by atoms with Crippen LogP contribution < -0.4 is 10.6 Å². The fraction of sp³-hybridized carbons (Fsp3) is 0.308. The van der Waals surface area contributed by atoms with Crippen LogP contribution in [0.25, 0.3) is 22.2 Å². The molecule has 0 saturated heterocycles. The lowest BCUT2D eigenvalue weighted by atomic mass is 10.1. The Morgan fingerprint density at radius 3 is 2.61 bits per heavy atom. The first-order chi connectivity index (χ1) is 17.1. The summed E-state index contributed by atoms with van der Waals surface area (Å²) in [4.78, 5) is 24.6. The maximum atomic E-state index is 15.7. The first-order valence-electron chi connectivity index (χ1n) is 11.5. The molecule has 0 spiro atoms. The van der Waals surface area contributed by atoms with Crippen LogP contribution in [0.5, 0.6) is 0 Å². The van der Waals surface area contributed by atoms with Crippen molar-refractivity contribution in [3.8, 4) is 11.3 Å². The summed E-state index contributed by atoms with van der Waals surface area (Å²) in [7, 11) is 7.66. The maximum absolute atomic E-state index is 15.7. The van der Waals surface area contributed by atoms with Gasteiger partial charge in [-0.15, -0.1) is 0 Å². The Labute approximate surface area is 211 Å². The minimum atomic E-state index is -0.601. The summed E-state index contributed by atoms with van der Waals surface area (Å²) in [5.41, 5.74) is 3.39. The van der Waals surface area contributed by atoms with E-state index in [1.807, 2.05) is 56.2 Å². The van der Waals surface area contributed by atoms with E-state index in [1.165, 1.54) is 6.33 Å². The van der Waals surface area contributed by atoms with Crippen molar-refractivity contribution in [3.63, 3.8) is 0 Å². The quantitative estimate of drug-likeness (QED) is 0.330. The normalized spacial score (nSPS) is 12.8. The Bertz CT molecular complexity index is 1320. The summed E-state index contributed by atoms with van der Waals surface area (Å²) >= 11 is 0. The third-order valence-electron chi connectivity index (χ3n) is 5.83. The highest BCUT2D eigenvalue weighted by Gasteiger charge is 2.18. The number of hydrogen-bond acceptors (Lipinski definition) is 7.